The van der Waals surface area contributed by atoms with Crippen LogP contribution >= 0.6 is 0 Å². The van der Waals surface area contributed by atoms with Crippen LogP contribution in [0.1, 0.15) is 27.2 Å². The van der Waals surface area contributed by atoms with E-state index in [2.05, 4.69) is 25.1 Å². The lowest BCUT2D eigenvalue weighted by Crippen LogP contribution is -1.91. The number of hydrogen-bond acceptors (Lipinski definition) is 1. The number of nitrogens with zero attached hydrogens (tertiary/aromatic N) is 1. The van der Waals surface area contributed by atoms with Crippen LogP contribution in [0.5, 0.6) is 0 Å². The zero-order valence-electron chi connectivity index (χ0n) is 8.22. The van der Waals surface area contributed by atoms with Gasteiger partial charge in [0.1, 0.15) is 0 Å². The third kappa shape index (κ3) is 3.33. The highest BCUT2D eigenvalue weighted by atomic mass is 14.8. The molecule has 0 heterocycles. The zero-order valence-corrected chi connectivity index (χ0v) is 8.22. The lowest BCUT2D eigenvalue weighted by atomic mass is 10.2. The summed E-state index contributed by atoms with van der Waals surface area (Å²) in [6.45, 7) is 13.5. The van der Waals surface area contributed by atoms with Crippen LogP contribution in [-0.2, 0) is 0 Å². The minimum atomic E-state index is 0.911. The average Bonchev–Trinajstić information content (AvgIpc) is 2.06. The Bertz CT molecular complexity index is 231. The summed E-state index contributed by atoms with van der Waals surface area (Å²) in [5.74, 6) is 0. The highest BCUT2D eigenvalue weighted by molar-refractivity contribution is 5.95. The molecular formula is C11H17N. The van der Waals surface area contributed by atoms with Gasteiger partial charge in [0, 0.05) is 5.71 Å². The predicted molar refractivity (Wildman–Crippen MR) is 56.5 cm³/mol. The van der Waals surface area contributed by atoms with Crippen molar-refractivity contribution in [3.63, 3.8) is 0 Å². The molecule has 0 aromatic heterocycles. The Labute approximate surface area is 75.2 Å². The molecule has 0 rings (SSSR count). The lowest BCUT2D eigenvalue weighted by Gasteiger charge is -2.01. The van der Waals surface area contributed by atoms with E-state index in [1.807, 2.05) is 19.9 Å². The maximum atomic E-state index is 4.39. The van der Waals surface area contributed by atoms with E-state index in [1.165, 1.54) is 0 Å². The average molecular weight is 163 g/mol. The van der Waals surface area contributed by atoms with Crippen LogP contribution in [-0.4, -0.2) is 5.71 Å². The first kappa shape index (κ1) is 10.9. The highest BCUT2D eigenvalue weighted by Gasteiger charge is 1.94. The van der Waals surface area contributed by atoms with Gasteiger partial charge in [0.05, 0.1) is 5.70 Å². The fraction of sp³-hybridized carbons (Fsp3) is 0.364. The molecule has 0 radical (unpaired) electrons. The Kier molecular flexibility index (Phi) is 5.02. The van der Waals surface area contributed by atoms with Crippen molar-refractivity contribution in [3.8, 4) is 0 Å². The zero-order chi connectivity index (χ0) is 9.56. The molecule has 12 heavy (non-hydrogen) atoms. The predicted octanol–water partition coefficient (Wildman–Crippen LogP) is 3.50. The van der Waals surface area contributed by atoms with E-state index in [0.717, 1.165) is 23.4 Å². The first-order valence-corrected chi connectivity index (χ1v) is 4.17. The van der Waals surface area contributed by atoms with Gasteiger partial charge in [-0.25, -0.2) is 0 Å². The molecule has 0 atom stereocenters. The maximum Gasteiger partial charge on any atom is 0.0613 e. The molecule has 0 saturated heterocycles. The lowest BCUT2D eigenvalue weighted by molar-refractivity contribution is 1.22. The van der Waals surface area contributed by atoms with Crippen LogP contribution in [0, 0.1) is 0 Å². The molecule has 0 aliphatic carbocycles. The van der Waals surface area contributed by atoms with Gasteiger partial charge in [-0.2, -0.15) is 0 Å². The molecule has 66 valence electrons. The molecule has 0 aromatic rings. The third-order valence-electron chi connectivity index (χ3n) is 1.57. The summed E-state index contributed by atoms with van der Waals surface area (Å²) in [6, 6.07) is 0. The standard InChI is InChI=1S/C11H17N/c1-6-10(7-2)12-11(8-3)9(4)5/h6,8H,1,4,7H2,2-3,5H3/b11-8+,12-10?. The summed E-state index contributed by atoms with van der Waals surface area (Å²) in [4.78, 5) is 4.39. The van der Waals surface area contributed by atoms with Crippen LogP contribution in [0.25, 0.3) is 0 Å². The second-order valence-electron chi connectivity index (χ2n) is 2.62. The van der Waals surface area contributed by atoms with Gasteiger partial charge in [-0.3, -0.25) is 4.99 Å². The highest BCUT2D eigenvalue weighted by Crippen LogP contribution is 2.09. The molecule has 1 nitrogen and oxygen atoms in total. The van der Waals surface area contributed by atoms with Crippen molar-refractivity contribution in [2.45, 2.75) is 27.2 Å². The SMILES string of the molecule is C=CC(CC)=N/C(=C/C)C(=C)C. The van der Waals surface area contributed by atoms with E-state index in [4.69, 9.17) is 0 Å². The molecule has 0 unspecified atom stereocenters. The normalized spacial score (nSPS) is 12.9. The monoisotopic (exact) mass is 163 g/mol. The van der Waals surface area contributed by atoms with Crippen molar-refractivity contribution < 1.29 is 0 Å². The summed E-state index contributed by atoms with van der Waals surface area (Å²) >= 11 is 0. The Hall–Kier alpha value is -1.11. The van der Waals surface area contributed by atoms with E-state index in [-0.39, 0.29) is 0 Å². The van der Waals surface area contributed by atoms with Crippen molar-refractivity contribution in [1.82, 2.24) is 0 Å². The first-order chi connectivity index (χ1) is 5.65. The van der Waals surface area contributed by atoms with Gasteiger partial charge in [-0.15, -0.1) is 0 Å². The number of allylic oxidation sites excluding steroid dienone is 3. The Balaban J connectivity index is 4.68. The molecule has 0 fully saturated rings. The third-order valence-corrected chi connectivity index (χ3v) is 1.57. The molecule has 0 spiro atoms. The summed E-state index contributed by atoms with van der Waals surface area (Å²) in [5, 5.41) is 0. The number of hydrogen-bond donors (Lipinski definition) is 0. The van der Waals surface area contributed by atoms with Gasteiger partial charge >= 0.3 is 0 Å². The van der Waals surface area contributed by atoms with Gasteiger partial charge in [0.25, 0.3) is 0 Å². The van der Waals surface area contributed by atoms with Crippen LogP contribution in [0.4, 0.5) is 0 Å². The van der Waals surface area contributed by atoms with E-state index >= 15 is 0 Å². The van der Waals surface area contributed by atoms with Crippen molar-refractivity contribution in [2.24, 2.45) is 4.99 Å². The molecule has 1 heteroatoms. The fourth-order valence-corrected chi connectivity index (χ4v) is 0.830. The second kappa shape index (κ2) is 5.53. The van der Waals surface area contributed by atoms with Gasteiger partial charge < -0.3 is 0 Å². The van der Waals surface area contributed by atoms with Crippen LogP contribution < -0.4 is 0 Å². The largest absolute Gasteiger partial charge is 0.254 e. The molecule has 0 N–H and O–H groups in total. The molecule has 0 amide bonds. The van der Waals surface area contributed by atoms with Crippen molar-refractivity contribution in [1.29, 1.82) is 0 Å². The summed E-state index contributed by atoms with van der Waals surface area (Å²) < 4.78 is 0. The van der Waals surface area contributed by atoms with Gasteiger partial charge in [-0.1, -0.05) is 26.2 Å². The maximum absolute atomic E-state index is 4.39. The van der Waals surface area contributed by atoms with Crippen molar-refractivity contribution >= 4 is 5.71 Å². The van der Waals surface area contributed by atoms with Gasteiger partial charge in [0.15, 0.2) is 0 Å². The quantitative estimate of drug-likeness (QED) is 0.444. The smallest absolute Gasteiger partial charge is 0.0613 e. The summed E-state index contributed by atoms with van der Waals surface area (Å²) in [7, 11) is 0. The summed E-state index contributed by atoms with van der Waals surface area (Å²) in [6.07, 6.45) is 4.65. The van der Waals surface area contributed by atoms with E-state index in [9.17, 15) is 0 Å². The Morgan fingerprint density at radius 3 is 2.33 bits per heavy atom. The van der Waals surface area contributed by atoms with E-state index in [1.54, 1.807) is 6.08 Å². The Morgan fingerprint density at radius 1 is 1.50 bits per heavy atom. The molecule has 0 aliphatic rings. The topological polar surface area (TPSA) is 12.4 Å². The van der Waals surface area contributed by atoms with Crippen molar-refractivity contribution in [3.05, 3.63) is 36.6 Å². The van der Waals surface area contributed by atoms with E-state index in [0.29, 0.717) is 0 Å². The molecule has 0 aromatic carbocycles. The van der Waals surface area contributed by atoms with Gasteiger partial charge in [0.2, 0.25) is 0 Å². The van der Waals surface area contributed by atoms with Crippen LogP contribution in [0.15, 0.2) is 41.6 Å². The second-order valence-corrected chi connectivity index (χ2v) is 2.62. The minimum Gasteiger partial charge on any atom is -0.254 e. The van der Waals surface area contributed by atoms with E-state index < -0.39 is 0 Å². The van der Waals surface area contributed by atoms with Gasteiger partial charge in [-0.05, 0) is 31.9 Å². The summed E-state index contributed by atoms with van der Waals surface area (Å²) in [5.41, 5.74) is 2.95. The Morgan fingerprint density at radius 2 is 2.08 bits per heavy atom. The number of rotatable bonds is 4. The fourth-order valence-electron chi connectivity index (χ4n) is 0.830. The molecule has 0 aliphatic heterocycles. The van der Waals surface area contributed by atoms with Crippen LogP contribution in [0.3, 0.4) is 0 Å². The molecule has 0 saturated carbocycles. The van der Waals surface area contributed by atoms with Crippen LogP contribution in [0.2, 0.25) is 0 Å². The molecular weight excluding hydrogens is 146 g/mol. The minimum absolute atomic E-state index is 0.911. The number of aliphatic imine (C=N–C) groups is 1. The molecule has 0 bridgehead atoms. The first-order valence-electron chi connectivity index (χ1n) is 4.17. The van der Waals surface area contributed by atoms with Crippen molar-refractivity contribution in [2.75, 3.05) is 0 Å².